The Balaban J connectivity index is 2.13. The van der Waals surface area contributed by atoms with Gasteiger partial charge in [-0.25, -0.2) is 4.98 Å². The van der Waals surface area contributed by atoms with Crippen molar-refractivity contribution in [1.29, 1.82) is 0 Å². The highest BCUT2D eigenvalue weighted by molar-refractivity contribution is 5.07. The third kappa shape index (κ3) is 1.75. The highest BCUT2D eigenvalue weighted by Crippen LogP contribution is 2.33. The Kier molecular flexibility index (Phi) is 2.64. The van der Waals surface area contributed by atoms with Gasteiger partial charge in [0.15, 0.2) is 0 Å². The largest absolute Gasteiger partial charge is 0.333 e. The van der Waals surface area contributed by atoms with Gasteiger partial charge in [-0.2, -0.15) is 0 Å². The maximum atomic E-state index is 5.54. The average Bonchev–Trinajstić information content (AvgIpc) is 2.71. The SMILES string of the molecule is NCCn1cncc1C1CCCC1. The Bertz CT molecular complexity index is 261. The van der Waals surface area contributed by atoms with E-state index in [0.717, 1.165) is 12.5 Å². The fraction of sp³-hybridized carbons (Fsp3) is 0.700. The zero-order chi connectivity index (χ0) is 9.10. The van der Waals surface area contributed by atoms with Gasteiger partial charge in [-0.05, 0) is 12.8 Å². The molecule has 72 valence electrons. The monoisotopic (exact) mass is 179 g/mol. The highest BCUT2D eigenvalue weighted by Gasteiger charge is 2.19. The fourth-order valence-electron chi connectivity index (χ4n) is 2.22. The Morgan fingerprint density at radius 3 is 2.92 bits per heavy atom. The van der Waals surface area contributed by atoms with Crippen LogP contribution in [0.5, 0.6) is 0 Å². The molecule has 1 aliphatic rings. The van der Waals surface area contributed by atoms with Crippen LogP contribution in [0.25, 0.3) is 0 Å². The fourth-order valence-corrected chi connectivity index (χ4v) is 2.22. The van der Waals surface area contributed by atoms with Crippen LogP contribution in [0.15, 0.2) is 12.5 Å². The molecule has 0 unspecified atom stereocenters. The predicted octanol–water partition coefficient (Wildman–Crippen LogP) is 1.50. The van der Waals surface area contributed by atoms with Crippen molar-refractivity contribution in [2.45, 2.75) is 38.1 Å². The summed E-state index contributed by atoms with van der Waals surface area (Å²) in [6.07, 6.45) is 9.32. The minimum atomic E-state index is 0.704. The van der Waals surface area contributed by atoms with E-state index in [0.29, 0.717) is 6.54 Å². The Morgan fingerprint density at radius 1 is 1.46 bits per heavy atom. The molecule has 0 radical (unpaired) electrons. The second kappa shape index (κ2) is 3.92. The van der Waals surface area contributed by atoms with Crippen molar-refractivity contribution in [1.82, 2.24) is 9.55 Å². The number of aromatic nitrogens is 2. The van der Waals surface area contributed by atoms with Crippen LogP contribution < -0.4 is 5.73 Å². The van der Waals surface area contributed by atoms with E-state index in [1.54, 1.807) is 0 Å². The molecule has 0 spiro atoms. The van der Waals surface area contributed by atoms with Crippen LogP contribution in [0.2, 0.25) is 0 Å². The van der Waals surface area contributed by atoms with Gasteiger partial charge in [0.2, 0.25) is 0 Å². The third-order valence-electron chi connectivity index (χ3n) is 2.89. The van der Waals surface area contributed by atoms with Crippen LogP contribution in [0.1, 0.15) is 37.3 Å². The summed E-state index contributed by atoms with van der Waals surface area (Å²) in [6.45, 7) is 1.61. The molecule has 3 nitrogen and oxygen atoms in total. The molecular weight excluding hydrogens is 162 g/mol. The van der Waals surface area contributed by atoms with Crippen LogP contribution in [0.3, 0.4) is 0 Å². The van der Waals surface area contributed by atoms with E-state index in [-0.39, 0.29) is 0 Å². The van der Waals surface area contributed by atoms with Crippen LogP contribution in [0, 0.1) is 0 Å². The molecular formula is C10H17N3. The maximum Gasteiger partial charge on any atom is 0.0948 e. The average molecular weight is 179 g/mol. The van der Waals surface area contributed by atoms with E-state index < -0.39 is 0 Å². The number of imidazole rings is 1. The molecule has 0 saturated heterocycles. The number of nitrogens with zero attached hydrogens (tertiary/aromatic N) is 2. The van der Waals surface area contributed by atoms with Gasteiger partial charge in [-0.3, -0.25) is 0 Å². The molecule has 2 rings (SSSR count). The van der Waals surface area contributed by atoms with Crippen molar-refractivity contribution in [3.05, 3.63) is 18.2 Å². The lowest BCUT2D eigenvalue weighted by Gasteiger charge is -2.11. The summed E-state index contributed by atoms with van der Waals surface area (Å²) in [5.41, 5.74) is 6.93. The zero-order valence-electron chi connectivity index (χ0n) is 7.95. The molecule has 0 aromatic carbocycles. The Hall–Kier alpha value is -0.830. The van der Waals surface area contributed by atoms with Crippen molar-refractivity contribution in [3.8, 4) is 0 Å². The first-order valence-electron chi connectivity index (χ1n) is 5.12. The van der Waals surface area contributed by atoms with E-state index in [9.17, 15) is 0 Å². The van der Waals surface area contributed by atoms with Gasteiger partial charge in [0, 0.05) is 30.9 Å². The van der Waals surface area contributed by atoms with Crippen LogP contribution >= 0.6 is 0 Å². The second-order valence-electron chi connectivity index (χ2n) is 3.78. The van der Waals surface area contributed by atoms with Crippen molar-refractivity contribution in [2.24, 2.45) is 5.73 Å². The minimum Gasteiger partial charge on any atom is -0.333 e. The number of rotatable bonds is 3. The Morgan fingerprint density at radius 2 is 2.23 bits per heavy atom. The van der Waals surface area contributed by atoms with Crippen LogP contribution in [-0.2, 0) is 6.54 Å². The summed E-state index contributed by atoms with van der Waals surface area (Å²) >= 11 is 0. The number of nitrogens with two attached hydrogens (primary N) is 1. The van der Waals surface area contributed by atoms with Crippen LogP contribution in [-0.4, -0.2) is 16.1 Å². The summed E-state index contributed by atoms with van der Waals surface area (Å²) in [7, 11) is 0. The van der Waals surface area contributed by atoms with Gasteiger partial charge < -0.3 is 10.3 Å². The highest BCUT2D eigenvalue weighted by atomic mass is 15.1. The molecule has 1 saturated carbocycles. The molecule has 1 aromatic rings. The second-order valence-corrected chi connectivity index (χ2v) is 3.78. The molecule has 1 fully saturated rings. The van der Waals surface area contributed by atoms with Gasteiger partial charge in [-0.1, -0.05) is 12.8 Å². The first kappa shape index (κ1) is 8.75. The molecule has 13 heavy (non-hydrogen) atoms. The maximum absolute atomic E-state index is 5.54. The summed E-state index contributed by atoms with van der Waals surface area (Å²) < 4.78 is 2.20. The first-order chi connectivity index (χ1) is 6.42. The summed E-state index contributed by atoms with van der Waals surface area (Å²) in [5.74, 6) is 0.744. The van der Waals surface area contributed by atoms with Crippen LogP contribution in [0.4, 0.5) is 0 Å². The quantitative estimate of drug-likeness (QED) is 0.764. The molecule has 0 aliphatic heterocycles. The predicted molar refractivity (Wildman–Crippen MR) is 52.5 cm³/mol. The molecule has 1 aliphatic carbocycles. The molecule has 2 N–H and O–H groups in total. The van der Waals surface area contributed by atoms with E-state index in [4.69, 9.17) is 5.73 Å². The lowest BCUT2D eigenvalue weighted by atomic mass is 10.1. The van der Waals surface area contributed by atoms with E-state index >= 15 is 0 Å². The van der Waals surface area contributed by atoms with E-state index in [1.165, 1.54) is 31.4 Å². The van der Waals surface area contributed by atoms with Crippen molar-refractivity contribution in [2.75, 3.05) is 6.54 Å². The normalized spacial score (nSPS) is 18.2. The van der Waals surface area contributed by atoms with Crippen molar-refractivity contribution >= 4 is 0 Å². The summed E-state index contributed by atoms with van der Waals surface area (Å²) in [4.78, 5) is 4.19. The van der Waals surface area contributed by atoms with Gasteiger partial charge in [0.25, 0.3) is 0 Å². The smallest absolute Gasteiger partial charge is 0.0948 e. The van der Waals surface area contributed by atoms with Crippen molar-refractivity contribution in [3.63, 3.8) is 0 Å². The van der Waals surface area contributed by atoms with Crippen molar-refractivity contribution < 1.29 is 0 Å². The summed E-state index contributed by atoms with van der Waals surface area (Å²) in [5, 5.41) is 0. The lowest BCUT2D eigenvalue weighted by Crippen LogP contribution is -2.12. The molecule has 0 atom stereocenters. The minimum absolute atomic E-state index is 0.704. The van der Waals surface area contributed by atoms with Gasteiger partial charge in [-0.15, -0.1) is 0 Å². The molecule has 0 bridgehead atoms. The van der Waals surface area contributed by atoms with E-state index in [1.807, 2.05) is 12.5 Å². The van der Waals surface area contributed by atoms with Gasteiger partial charge in [0.05, 0.1) is 6.33 Å². The third-order valence-corrected chi connectivity index (χ3v) is 2.89. The lowest BCUT2D eigenvalue weighted by molar-refractivity contribution is 0.603. The van der Waals surface area contributed by atoms with E-state index in [2.05, 4.69) is 9.55 Å². The standard InChI is InChI=1S/C10H17N3/c11-5-6-13-8-12-7-10(13)9-3-1-2-4-9/h7-9H,1-6,11H2. The molecule has 1 heterocycles. The molecule has 3 heteroatoms. The molecule has 0 amide bonds. The van der Waals surface area contributed by atoms with Gasteiger partial charge >= 0.3 is 0 Å². The zero-order valence-corrected chi connectivity index (χ0v) is 7.95. The Labute approximate surface area is 79.0 Å². The summed E-state index contributed by atoms with van der Waals surface area (Å²) in [6, 6.07) is 0. The number of hydrogen-bond acceptors (Lipinski definition) is 2. The topological polar surface area (TPSA) is 43.8 Å². The van der Waals surface area contributed by atoms with Gasteiger partial charge in [0.1, 0.15) is 0 Å². The molecule has 1 aromatic heterocycles. The first-order valence-corrected chi connectivity index (χ1v) is 5.12. The number of hydrogen-bond donors (Lipinski definition) is 1.